The predicted octanol–water partition coefficient (Wildman–Crippen LogP) is -0.968. The zero-order valence-corrected chi connectivity index (χ0v) is 6.87. The summed E-state index contributed by atoms with van der Waals surface area (Å²) in [5.41, 5.74) is 2.36. The van der Waals surface area contributed by atoms with Gasteiger partial charge in [-0.05, 0) is 0 Å². The highest BCUT2D eigenvalue weighted by molar-refractivity contribution is 5.92. The highest BCUT2D eigenvalue weighted by Gasteiger charge is 2.11. The standard InChI is InChI=1S/C6H10N4O2/c1-10-4(6(11)8-7)3-5(9-10)12-2/h3H,7H2,1-2H3,(H,8,11). The van der Waals surface area contributed by atoms with Crippen molar-refractivity contribution >= 4 is 5.91 Å². The first-order chi connectivity index (χ1) is 5.69. The number of ether oxygens (including phenoxy) is 1. The van der Waals surface area contributed by atoms with Crippen LogP contribution in [0.15, 0.2) is 6.07 Å². The van der Waals surface area contributed by atoms with Crippen LogP contribution in [0.25, 0.3) is 0 Å². The molecule has 0 bridgehead atoms. The fourth-order valence-electron chi connectivity index (χ4n) is 0.827. The summed E-state index contributed by atoms with van der Waals surface area (Å²) < 4.78 is 6.21. The molecule has 6 nitrogen and oxygen atoms in total. The van der Waals surface area contributed by atoms with Gasteiger partial charge in [-0.3, -0.25) is 14.9 Å². The molecule has 12 heavy (non-hydrogen) atoms. The summed E-state index contributed by atoms with van der Waals surface area (Å²) in [5, 5.41) is 3.88. The molecule has 1 rings (SSSR count). The highest BCUT2D eigenvalue weighted by atomic mass is 16.5. The minimum Gasteiger partial charge on any atom is -0.480 e. The lowest BCUT2D eigenvalue weighted by Crippen LogP contribution is -2.31. The summed E-state index contributed by atoms with van der Waals surface area (Å²) in [6, 6.07) is 1.50. The first-order valence-electron chi connectivity index (χ1n) is 3.28. The molecule has 1 aromatic rings. The molecule has 0 aliphatic carbocycles. The monoisotopic (exact) mass is 170 g/mol. The Morgan fingerprint density at radius 1 is 1.83 bits per heavy atom. The quantitative estimate of drug-likeness (QED) is 0.340. The van der Waals surface area contributed by atoms with E-state index in [2.05, 4.69) is 5.10 Å². The van der Waals surface area contributed by atoms with E-state index in [-0.39, 0.29) is 0 Å². The highest BCUT2D eigenvalue weighted by Crippen LogP contribution is 2.09. The molecule has 0 spiro atoms. The summed E-state index contributed by atoms with van der Waals surface area (Å²) in [4.78, 5) is 11.0. The van der Waals surface area contributed by atoms with Gasteiger partial charge in [0.1, 0.15) is 5.69 Å². The van der Waals surface area contributed by atoms with Gasteiger partial charge in [0, 0.05) is 13.1 Å². The van der Waals surface area contributed by atoms with Crippen LogP contribution in [0.4, 0.5) is 0 Å². The number of aromatic nitrogens is 2. The summed E-state index contributed by atoms with van der Waals surface area (Å²) in [5.74, 6) is 4.93. The van der Waals surface area contributed by atoms with Gasteiger partial charge in [-0.2, -0.15) is 0 Å². The molecule has 3 N–H and O–H groups in total. The largest absolute Gasteiger partial charge is 0.480 e. The molecule has 0 aliphatic heterocycles. The van der Waals surface area contributed by atoms with Crippen molar-refractivity contribution in [3.8, 4) is 5.88 Å². The van der Waals surface area contributed by atoms with Crippen LogP contribution in [0.2, 0.25) is 0 Å². The van der Waals surface area contributed by atoms with Crippen LogP contribution in [0, 0.1) is 0 Å². The van der Waals surface area contributed by atoms with Gasteiger partial charge >= 0.3 is 0 Å². The van der Waals surface area contributed by atoms with E-state index in [4.69, 9.17) is 10.6 Å². The number of hydrazine groups is 1. The van der Waals surface area contributed by atoms with Crippen LogP contribution in [0.3, 0.4) is 0 Å². The summed E-state index contributed by atoms with van der Waals surface area (Å²) in [6.45, 7) is 0. The minimum absolute atomic E-state index is 0.356. The summed E-state index contributed by atoms with van der Waals surface area (Å²) >= 11 is 0. The lowest BCUT2D eigenvalue weighted by molar-refractivity contribution is 0.0944. The lowest BCUT2D eigenvalue weighted by Gasteiger charge is -1.96. The maximum atomic E-state index is 11.0. The second-order valence-electron chi connectivity index (χ2n) is 2.17. The second kappa shape index (κ2) is 3.22. The van der Waals surface area contributed by atoms with Crippen LogP contribution in [0.1, 0.15) is 10.5 Å². The number of carbonyl (C=O) groups excluding carboxylic acids is 1. The van der Waals surface area contributed by atoms with Gasteiger partial charge in [0.15, 0.2) is 0 Å². The predicted molar refractivity (Wildman–Crippen MR) is 41.4 cm³/mol. The van der Waals surface area contributed by atoms with Gasteiger partial charge in [0.2, 0.25) is 5.88 Å². The molecule has 6 heteroatoms. The molecule has 1 aromatic heterocycles. The number of nitrogens with two attached hydrogens (primary N) is 1. The smallest absolute Gasteiger partial charge is 0.283 e. The second-order valence-corrected chi connectivity index (χ2v) is 2.17. The molecule has 0 saturated heterocycles. The summed E-state index contributed by atoms with van der Waals surface area (Å²) in [7, 11) is 3.11. The van der Waals surface area contributed by atoms with Crippen molar-refractivity contribution in [2.45, 2.75) is 0 Å². The normalized spacial score (nSPS) is 9.58. The van der Waals surface area contributed by atoms with Crippen molar-refractivity contribution in [3.05, 3.63) is 11.8 Å². The molecule has 0 unspecified atom stereocenters. The lowest BCUT2D eigenvalue weighted by atomic mass is 10.4. The molecular weight excluding hydrogens is 160 g/mol. The van der Waals surface area contributed by atoms with Crippen molar-refractivity contribution in [1.29, 1.82) is 0 Å². The van der Waals surface area contributed by atoms with Crippen molar-refractivity contribution < 1.29 is 9.53 Å². The first kappa shape index (κ1) is 8.54. The van der Waals surface area contributed by atoms with Crippen molar-refractivity contribution in [2.75, 3.05) is 7.11 Å². The zero-order valence-electron chi connectivity index (χ0n) is 6.87. The van der Waals surface area contributed by atoms with E-state index >= 15 is 0 Å². The number of nitrogens with one attached hydrogen (secondary N) is 1. The molecule has 1 amide bonds. The van der Waals surface area contributed by atoms with Gasteiger partial charge < -0.3 is 4.74 Å². The third-order valence-electron chi connectivity index (χ3n) is 1.43. The Labute approximate surface area is 69.3 Å². The van der Waals surface area contributed by atoms with Crippen LogP contribution in [0.5, 0.6) is 5.88 Å². The number of methoxy groups -OCH3 is 1. The van der Waals surface area contributed by atoms with E-state index in [0.717, 1.165) is 0 Å². The number of nitrogen functional groups attached to an aromatic ring is 1. The van der Waals surface area contributed by atoms with E-state index < -0.39 is 5.91 Å². The molecule has 0 aliphatic rings. The van der Waals surface area contributed by atoms with Gasteiger partial charge in [0.05, 0.1) is 7.11 Å². The molecule has 0 radical (unpaired) electrons. The van der Waals surface area contributed by atoms with Crippen LogP contribution in [-0.4, -0.2) is 22.8 Å². The third kappa shape index (κ3) is 1.37. The SMILES string of the molecule is COc1cc(C(=O)NN)n(C)n1. The maximum absolute atomic E-state index is 11.0. The Kier molecular flexibility index (Phi) is 2.29. The van der Waals surface area contributed by atoms with E-state index in [1.165, 1.54) is 17.9 Å². The van der Waals surface area contributed by atoms with Crippen LogP contribution in [-0.2, 0) is 7.05 Å². The fourth-order valence-corrected chi connectivity index (χ4v) is 0.827. The molecule has 0 aromatic carbocycles. The Hall–Kier alpha value is -1.56. The molecule has 0 saturated carbocycles. The molecule has 66 valence electrons. The molecule has 1 heterocycles. The number of hydrogen-bond acceptors (Lipinski definition) is 4. The molecule has 0 fully saturated rings. The number of nitrogens with zero attached hydrogens (tertiary/aromatic N) is 2. The van der Waals surface area contributed by atoms with E-state index in [1.54, 1.807) is 7.05 Å². The first-order valence-corrected chi connectivity index (χ1v) is 3.28. The van der Waals surface area contributed by atoms with Gasteiger partial charge in [-0.1, -0.05) is 0 Å². The Balaban J connectivity index is 2.99. The third-order valence-corrected chi connectivity index (χ3v) is 1.43. The van der Waals surface area contributed by atoms with Crippen molar-refractivity contribution in [1.82, 2.24) is 15.2 Å². The van der Waals surface area contributed by atoms with Gasteiger partial charge in [-0.25, -0.2) is 5.84 Å². The Morgan fingerprint density at radius 2 is 2.50 bits per heavy atom. The van der Waals surface area contributed by atoms with Crippen LogP contribution < -0.4 is 16.0 Å². The number of aryl methyl sites for hydroxylation is 1. The molecule has 0 atom stereocenters. The number of hydrogen-bond donors (Lipinski definition) is 2. The number of amides is 1. The van der Waals surface area contributed by atoms with E-state index in [1.807, 2.05) is 5.43 Å². The average molecular weight is 170 g/mol. The van der Waals surface area contributed by atoms with Gasteiger partial charge in [-0.15, -0.1) is 5.10 Å². The topological polar surface area (TPSA) is 82.2 Å². The van der Waals surface area contributed by atoms with Crippen LogP contribution >= 0.6 is 0 Å². The summed E-state index contributed by atoms with van der Waals surface area (Å²) in [6.07, 6.45) is 0. The van der Waals surface area contributed by atoms with Gasteiger partial charge in [0.25, 0.3) is 5.91 Å². The fraction of sp³-hybridized carbons (Fsp3) is 0.333. The number of rotatable bonds is 2. The minimum atomic E-state index is -0.395. The van der Waals surface area contributed by atoms with E-state index in [9.17, 15) is 4.79 Å². The zero-order chi connectivity index (χ0) is 9.14. The Bertz CT molecular complexity index is 294. The average Bonchev–Trinajstić information content (AvgIpc) is 2.45. The number of carbonyl (C=O) groups is 1. The van der Waals surface area contributed by atoms with E-state index in [0.29, 0.717) is 11.6 Å². The maximum Gasteiger partial charge on any atom is 0.283 e. The van der Waals surface area contributed by atoms with Crippen molar-refractivity contribution in [3.63, 3.8) is 0 Å². The Morgan fingerprint density at radius 3 is 2.92 bits per heavy atom. The van der Waals surface area contributed by atoms with Crippen molar-refractivity contribution in [2.24, 2.45) is 12.9 Å². The molecular formula is C6H10N4O2.